The normalized spacial score (nSPS) is 10.2. The maximum absolute atomic E-state index is 11.8. The van der Waals surface area contributed by atoms with Gasteiger partial charge in [0.2, 0.25) is 0 Å². The van der Waals surface area contributed by atoms with Crippen molar-refractivity contribution in [2.24, 2.45) is 0 Å². The van der Waals surface area contributed by atoms with Crippen molar-refractivity contribution in [2.45, 2.75) is 6.54 Å². The minimum atomic E-state index is -0.312. The van der Waals surface area contributed by atoms with Gasteiger partial charge in [-0.1, -0.05) is 5.16 Å². The zero-order valence-corrected chi connectivity index (χ0v) is 10.3. The topological polar surface area (TPSA) is 94.0 Å². The van der Waals surface area contributed by atoms with Crippen molar-refractivity contribution >= 4 is 27.7 Å². The predicted molar refractivity (Wildman–Crippen MR) is 64.0 cm³/mol. The number of aromatic nitrogens is 2. The molecule has 2 aromatic heterocycles. The number of anilines is 1. The molecule has 0 bridgehead atoms. The first kappa shape index (κ1) is 11.6. The largest absolute Gasteiger partial charge is 0.383 e. The summed E-state index contributed by atoms with van der Waals surface area (Å²) in [7, 11) is 0. The first-order chi connectivity index (χ1) is 8.16. The molecule has 0 radical (unpaired) electrons. The van der Waals surface area contributed by atoms with E-state index in [4.69, 9.17) is 10.3 Å². The van der Waals surface area contributed by atoms with Gasteiger partial charge in [-0.25, -0.2) is 4.98 Å². The number of carbonyl (C=O) groups is 1. The molecule has 0 aromatic carbocycles. The van der Waals surface area contributed by atoms with Crippen LogP contribution in [0.2, 0.25) is 0 Å². The average Bonchev–Trinajstić information content (AvgIpc) is 2.82. The zero-order valence-electron chi connectivity index (χ0n) is 8.68. The minimum Gasteiger partial charge on any atom is -0.383 e. The summed E-state index contributed by atoms with van der Waals surface area (Å²) in [6, 6.07) is 3.28. The maximum Gasteiger partial charge on any atom is 0.255 e. The molecular formula is C10H9BrN4O2. The van der Waals surface area contributed by atoms with Gasteiger partial charge in [0, 0.05) is 16.7 Å². The molecule has 0 aliphatic carbocycles. The third kappa shape index (κ3) is 2.82. The van der Waals surface area contributed by atoms with Crippen molar-refractivity contribution in [3.05, 3.63) is 40.3 Å². The maximum atomic E-state index is 11.8. The van der Waals surface area contributed by atoms with Crippen molar-refractivity contribution in [1.82, 2.24) is 15.5 Å². The molecule has 1 amide bonds. The number of carbonyl (C=O) groups excluding carboxylic acids is 1. The first-order valence-corrected chi connectivity index (χ1v) is 5.55. The van der Waals surface area contributed by atoms with E-state index >= 15 is 0 Å². The van der Waals surface area contributed by atoms with E-state index in [1.807, 2.05) is 0 Å². The molecule has 2 rings (SSSR count). The molecule has 0 saturated heterocycles. The lowest BCUT2D eigenvalue weighted by Gasteiger charge is -2.05. The standard InChI is InChI=1S/C10H9BrN4O2/c11-6-3-8(9(12)13-4-6)10(16)14-5-7-1-2-15-17-7/h1-4H,5H2,(H2,12,13)(H,14,16). The Labute approximate surface area is 105 Å². The van der Waals surface area contributed by atoms with Crippen molar-refractivity contribution in [2.75, 3.05) is 5.73 Å². The Bertz CT molecular complexity index is 527. The third-order valence-corrected chi connectivity index (χ3v) is 2.48. The molecule has 0 fully saturated rings. The molecule has 88 valence electrons. The van der Waals surface area contributed by atoms with Crippen LogP contribution < -0.4 is 11.1 Å². The van der Waals surface area contributed by atoms with Crippen LogP contribution in [-0.2, 0) is 6.54 Å². The van der Waals surface area contributed by atoms with E-state index in [1.54, 1.807) is 12.1 Å². The van der Waals surface area contributed by atoms with Crippen LogP contribution in [0.5, 0.6) is 0 Å². The number of rotatable bonds is 3. The average molecular weight is 297 g/mol. The van der Waals surface area contributed by atoms with Crippen LogP contribution in [0.1, 0.15) is 16.1 Å². The Hall–Kier alpha value is -1.89. The highest BCUT2D eigenvalue weighted by atomic mass is 79.9. The van der Waals surface area contributed by atoms with Crippen LogP contribution in [0, 0.1) is 0 Å². The molecular weight excluding hydrogens is 288 g/mol. The Balaban J connectivity index is 2.07. The molecule has 0 unspecified atom stereocenters. The smallest absolute Gasteiger partial charge is 0.255 e. The summed E-state index contributed by atoms with van der Waals surface area (Å²) in [5.41, 5.74) is 5.93. The van der Waals surface area contributed by atoms with Gasteiger partial charge in [-0.05, 0) is 22.0 Å². The number of nitrogens with one attached hydrogen (secondary N) is 1. The highest BCUT2D eigenvalue weighted by molar-refractivity contribution is 9.10. The van der Waals surface area contributed by atoms with Gasteiger partial charge in [-0.2, -0.15) is 0 Å². The Morgan fingerprint density at radius 1 is 1.59 bits per heavy atom. The van der Waals surface area contributed by atoms with Crippen LogP contribution in [0.15, 0.2) is 33.5 Å². The van der Waals surface area contributed by atoms with Gasteiger partial charge in [0.05, 0.1) is 18.3 Å². The van der Waals surface area contributed by atoms with Crippen molar-refractivity contribution < 1.29 is 9.32 Å². The van der Waals surface area contributed by atoms with Crippen LogP contribution in [0.3, 0.4) is 0 Å². The fourth-order valence-corrected chi connectivity index (χ4v) is 1.56. The van der Waals surface area contributed by atoms with E-state index in [1.165, 1.54) is 12.4 Å². The number of nitrogens with two attached hydrogens (primary N) is 1. The van der Waals surface area contributed by atoms with E-state index in [0.29, 0.717) is 15.8 Å². The summed E-state index contributed by atoms with van der Waals surface area (Å²) in [6.07, 6.45) is 3.04. The van der Waals surface area contributed by atoms with Gasteiger partial charge in [0.1, 0.15) is 5.82 Å². The number of hydrogen-bond acceptors (Lipinski definition) is 5. The first-order valence-electron chi connectivity index (χ1n) is 4.75. The fourth-order valence-electron chi connectivity index (χ4n) is 1.23. The molecule has 0 atom stereocenters. The van der Waals surface area contributed by atoms with Crippen LogP contribution in [0.25, 0.3) is 0 Å². The lowest BCUT2D eigenvalue weighted by molar-refractivity contribution is 0.0947. The van der Waals surface area contributed by atoms with E-state index in [-0.39, 0.29) is 18.3 Å². The monoisotopic (exact) mass is 296 g/mol. The van der Waals surface area contributed by atoms with Crippen LogP contribution >= 0.6 is 15.9 Å². The molecule has 0 spiro atoms. The summed E-state index contributed by atoms with van der Waals surface area (Å²) >= 11 is 3.23. The summed E-state index contributed by atoms with van der Waals surface area (Å²) in [5.74, 6) is 0.441. The van der Waals surface area contributed by atoms with Gasteiger partial charge in [-0.3, -0.25) is 4.79 Å². The number of nitrogen functional groups attached to an aromatic ring is 1. The summed E-state index contributed by atoms with van der Waals surface area (Å²) in [6.45, 7) is 0.255. The lowest BCUT2D eigenvalue weighted by atomic mass is 10.2. The van der Waals surface area contributed by atoms with E-state index in [2.05, 4.69) is 31.4 Å². The number of hydrogen-bond donors (Lipinski definition) is 2. The van der Waals surface area contributed by atoms with Gasteiger partial charge in [-0.15, -0.1) is 0 Å². The van der Waals surface area contributed by atoms with E-state index in [9.17, 15) is 4.79 Å². The fraction of sp³-hybridized carbons (Fsp3) is 0.100. The summed E-state index contributed by atoms with van der Waals surface area (Å²) in [5, 5.41) is 6.19. The molecule has 2 heterocycles. The van der Waals surface area contributed by atoms with E-state index in [0.717, 1.165) is 0 Å². The second kappa shape index (κ2) is 4.96. The van der Waals surface area contributed by atoms with E-state index < -0.39 is 0 Å². The summed E-state index contributed by atoms with van der Waals surface area (Å²) in [4.78, 5) is 15.7. The lowest BCUT2D eigenvalue weighted by Crippen LogP contribution is -2.24. The van der Waals surface area contributed by atoms with Crippen molar-refractivity contribution in [3.63, 3.8) is 0 Å². The Kier molecular flexibility index (Phi) is 3.38. The number of amides is 1. The molecule has 2 aromatic rings. The van der Waals surface area contributed by atoms with Crippen molar-refractivity contribution in [3.8, 4) is 0 Å². The SMILES string of the molecule is Nc1ncc(Br)cc1C(=O)NCc1ccno1. The van der Waals surface area contributed by atoms with Crippen molar-refractivity contribution in [1.29, 1.82) is 0 Å². The minimum absolute atomic E-state index is 0.184. The number of nitrogens with zero attached hydrogens (tertiary/aromatic N) is 2. The summed E-state index contributed by atoms with van der Waals surface area (Å²) < 4.78 is 5.54. The Morgan fingerprint density at radius 2 is 2.41 bits per heavy atom. The quantitative estimate of drug-likeness (QED) is 0.891. The second-order valence-electron chi connectivity index (χ2n) is 3.25. The van der Waals surface area contributed by atoms with Gasteiger partial charge in [0.25, 0.3) is 5.91 Å². The van der Waals surface area contributed by atoms with Gasteiger partial charge in [0.15, 0.2) is 5.76 Å². The molecule has 6 nitrogen and oxygen atoms in total. The highest BCUT2D eigenvalue weighted by Crippen LogP contribution is 2.15. The number of pyridine rings is 1. The zero-order chi connectivity index (χ0) is 12.3. The number of halogens is 1. The predicted octanol–water partition coefficient (Wildman–Crippen LogP) is 1.34. The van der Waals surface area contributed by atoms with Crippen LogP contribution in [-0.4, -0.2) is 16.0 Å². The van der Waals surface area contributed by atoms with Gasteiger partial charge >= 0.3 is 0 Å². The molecule has 17 heavy (non-hydrogen) atoms. The molecule has 0 aliphatic rings. The molecule has 7 heteroatoms. The highest BCUT2D eigenvalue weighted by Gasteiger charge is 2.11. The molecule has 0 aliphatic heterocycles. The second-order valence-corrected chi connectivity index (χ2v) is 4.16. The Morgan fingerprint density at radius 3 is 3.12 bits per heavy atom. The third-order valence-electron chi connectivity index (χ3n) is 2.04. The molecule has 3 N–H and O–H groups in total. The van der Waals surface area contributed by atoms with Crippen LogP contribution in [0.4, 0.5) is 5.82 Å². The van der Waals surface area contributed by atoms with Gasteiger partial charge < -0.3 is 15.6 Å². The molecule has 0 saturated carbocycles.